The molecule has 0 radical (unpaired) electrons. The van der Waals surface area contributed by atoms with Crippen LogP contribution in [-0.4, -0.2) is 37.7 Å². The zero-order chi connectivity index (χ0) is 17.6. The van der Waals surface area contributed by atoms with Gasteiger partial charge in [-0.25, -0.2) is 4.39 Å². The van der Waals surface area contributed by atoms with E-state index in [0.717, 1.165) is 11.3 Å². The van der Waals surface area contributed by atoms with Gasteiger partial charge in [-0.05, 0) is 24.1 Å². The van der Waals surface area contributed by atoms with Crippen molar-refractivity contribution >= 4 is 5.91 Å². The van der Waals surface area contributed by atoms with Gasteiger partial charge in [0.1, 0.15) is 18.2 Å². The summed E-state index contributed by atoms with van der Waals surface area (Å²) >= 11 is 0. The molecule has 0 unspecified atom stereocenters. The molecule has 0 N–H and O–H groups in total. The molecule has 2 aromatic rings. The average Bonchev–Trinajstić information content (AvgIpc) is 2.65. The molecule has 1 atom stereocenters. The number of nitrogens with zero attached hydrogens (tertiary/aromatic N) is 1. The number of rotatable bonds is 6. The molecule has 1 heterocycles. The Morgan fingerprint density at radius 2 is 2.00 bits per heavy atom. The lowest BCUT2D eigenvalue weighted by atomic mass is 9.95. The van der Waals surface area contributed by atoms with E-state index in [1.54, 1.807) is 30.2 Å². The molecule has 0 saturated heterocycles. The van der Waals surface area contributed by atoms with Gasteiger partial charge in [0.2, 0.25) is 5.91 Å². The third-order valence-corrected chi connectivity index (χ3v) is 4.42. The third kappa shape index (κ3) is 4.17. The number of hydrogen-bond donors (Lipinski definition) is 0. The zero-order valence-electron chi connectivity index (χ0n) is 14.3. The molecule has 25 heavy (non-hydrogen) atoms. The Morgan fingerprint density at radius 3 is 2.80 bits per heavy atom. The Hall–Kier alpha value is -2.40. The van der Waals surface area contributed by atoms with E-state index in [0.29, 0.717) is 31.7 Å². The van der Waals surface area contributed by atoms with Crippen molar-refractivity contribution in [1.29, 1.82) is 0 Å². The number of amides is 1. The van der Waals surface area contributed by atoms with Crippen LogP contribution < -0.4 is 4.74 Å². The van der Waals surface area contributed by atoms with Gasteiger partial charge in [-0.3, -0.25) is 4.79 Å². The molecule has 0 aliphatic carbocycles. The van der Waals surface area contributed by atoms with Crippen molar-refractivity contribution in [3.05, 3.63) is 65.5 Å². The van der Waals surface area contributed by atoms with Crippen molar-refractivity contribution in [2.75, 3.05) is 26.9 Å². The van der Waals surface area contributed by atoms with Crippen LogP contribution in [-0.2, 0) is 22.5 Å². The summed E-state index contributed by atoms with van der Waals surface area (Å²) in [4.78, 5) is 14.7. The SMILES string of the molecule is COCCN(Cc1ccccc1F)C(=O)[C@@H]1COc2ccccc2C1. The predicted octanol–water partition coefficient (Wildman–Crippen LogP) is 3.05. The average molecular weight is 343 g/mol. The molecule has 0 bridgehead atoms. The highest BCUT2D eigenvalue weighted by Crippen LogP contribution is 2.28. The summed E-state index contributed by atoms with van der Waals surface area (Å²) in [5.41, 5.74) is 1.54. The molecule has 2 aromatic carbocycles. The maximum Gasteiger partial charge on any atom is 0.229 e. The van der Waals surface area contributed by atoms with Gasteiger partial charge in [0.25, 0.3) is 0 Å². The number of fused-ring (bicyclic) bond motifs is 1. The lowest BCUT2D eigenvalue weighted by molar-refractivity contribution is -0.138. The molecular formula is C20H22FNO3. The molecule has 0 spiro atoms. The van der Waals surface area contributed by atoms with E-state index >= 15 is 0 Å². The Labute approximate surface area is 147 Å². The summed E-state index contributed by atoms with van der Waals surface area (Å²) in [6.45, 7) is 1.40. The number of hydrogen-bond acceptors (Lipinski definition) is 3. The number of halogens is 1. The van der Waals surface area contributed by atoms with Crippen molar-refractivity contribution < 1.29 is 18.7 Å². The van der Waals surface area contributed by atoms with E-state index < -0.39 is 0 Å². The Balaban J connectivity index is 1.74. The summed E-state index contributed by atoms with van der Waals surface area (Å²) in [7, 11) is 1.59. The second kappa shape index (κ2) is 8.12. The molecule has 5 heteroatoms. The Bertz CT molecular complexity index is 734. The van der Waals surface area contributed by atoms with Gasteiger partial charge in [0, 0.05) is 25.8 Å². The quantitative estimate of drug-likeness (QED) is 0.809. The monoisotopic (exact) mass is 343 g/mol. The molecule has 0 aromatic heterocycles. The fraction of sp³-hybridized carbons (Fsp3) is 0.350. The van der Waals surface area contributed by atoms with Gasteiger partial charge in [0.15, 0.2) is 0 Å². The Kier molecular flexibility index (Phi) is 5.66. The lowest BCUT2D eigenvalue weighted by Gasteiger charge is -2.30. The smallest absolute Gasteiger partial charge is 0.229 e. The molecule has 4 nitrogen and oxygen atoms in total. The molecule has 132 valence electrons. The lowest BCUT2D eigenvalue weighted by Crippen LogP contribution is -2.42. The van der Waals surface area contributed by atoms with Crippen molar-refractivity contribution in [3.8, 4) is 5.75 Å². The van der Waals surface area contributed by atoms with Gasteiger partial charge in [0.05, 0.1) is 12.5 Å². The van der Waals surface area contributed by atoms with Crippen molar-refractivity contribution in [2.24, 2.45) is 5.92 Å². The predicted molar refractivity (Wildman–Crippen MR) is 92.8 cm³/mol. The van der Waals surface area contributed by atoms with Crippen LogP contribution >= 0.6 is 0 Å². The van der Waals surface area contributed by atoms with Crippen LogP contribution in [0.4, 0.5) is 4.39 Å². The zero-order valence-corrected chi connectivity index (χ0v) is 14.3. The van der Waals surface area contributed by atoms with Gasteiger partial charge in [-0.1, -0.05) is 36.4 Å². The maximum atomic E-state index is 14.0. The highest BCUT2D eigenvalue weighted by Gasteiger charge is 2.29. The standard InChI is InChI=1S/C20H22FNO3/c1-24-11-10-22(13-16-7-2-4-8-18(16)21)20(23)17-12-15-6-3-5-9-19(15)25-14-17/h2-9,17H,10-14H2,1H3/t17-/m0/s1. The van der Waals surface area contributed by atoms with Gasteiger partial charge < -0.3 is 14.4 Å². The maximum absolute atomic E-state index is 14.0. The molecule has 0 fully saturated rings. The number of carbonyl (C=O) groups excluding carboxylic acids is 1. The van der Waals surface area contributed by atoms with Crippen molar-refractivity contribution in [1.82, 2.24) is 4.90 Å². The number of methoxy groups -OCH3 is 1. The van der Waals surface area contributed by atoms with Crippen LogP contribution in [0.15, 0.2) is 48.5 Å². The van der Waals surface area contributed by atoms with Crippen LogP contribution in [0.25, 0.3) is 0 Å². The second-order valence-corrected chi connectivity index (χ2v) is 6.16. The molecule has 1 aliphatic rings. The highest BCUT2D eigenvalue weighted by molar-refractivity contribution is 5.79. The van der Waals surface area contributed by atoms with Gasteiger partial charge >= 0.3 is 0 Å². The number of para-hydroxylation sites is 1. The van der Waals surface area contributed by atoms with Crippen LogP contribution in [0.5, 0.6) is 5.75 Å². The Morgan fingerprint density at radius 1 is 1.24 bits per heavy atom. The first-order chi connectivity index (χ1) is 12.2. The normalized spacial score (nSPS) is 16.0. The fourth-order valence-electron chi connectivity index (χ4n) is 3.05. The number of ether oxygens (including phenoxy) is 2. The second-order valence-electron chi connectivity index (χ2n) is 6.16. The van der Waals surface area contributed by atoms with E-state index in [4.69, 9.17) is 9.47 Å². The summed E-state index contributed by atoms with van der Waals surface area (Å²) in [5.74, 6) is 0.236. The largest absolute Gasteiger partial charge is 0.492 e. The van der Waals surface area contributed by atoms with E-state index in [9.17, 15) is 9.18 Å². The van der Waals surface area contributed by atoms with E-state index in [2.05, 4.69) is 0 Å². The number of benzene rings is 2. The van der Waals surface area contributed by atoms with Gasteiger partial charge in [-0.2, -0.15) is 0 Å². The summed E-state index contributed by atoms with van der Waals surface area (Å²) in [5, 5.41) is 0. The minimum absolute atomic E-state index is 0.0326. The summed E-state index contributed by atoms with van der Waals surface area (Å²) in [6.07, 6.45) is 0.635. The van der Waals surface area contributed by atoms with E-state index in [-0.39, 0.29) is 24.2 Å². The first kappa shape index (κ1) is 17.4. The van der Waals surface area contributed by atoms with Crippen LogP contribution in [0.1, 0.15) is 11.1 Å². The summed E-state index contributed by atoms with van der Waals surface area (Å²) in [6, 6.07) is 14.3. The third-order valence-electron chi connectivity index (χ3n) is 4.42. The molecule has 0 saturated carbocycles. The van der Waals surface area contributed by atoms with Crippen LogP contribution in [0, 0.1) is 11.7 Å². The summed E-state index contributed by atoms with van der Waals surface area (Å²) < 4.78 is 24.8. The molecule has 3 rings (SSSR count). The van der Waals surface area contributed by atoms with E-state index in [1.165, 1.54) is 6.07 Å². The number of carbonyl (C=O) groups is 1. The van der Waals surface area contributed by atoms with Gasteiger partial charge in [-0.15, -0.1) is 0 Å². The molecule has 1 aliphatic heterocycles. The van der Waals surface area contributed by atoms with Crippen LogP contribution in [0.3, 0.4) is 0 Å². The minimum Gasteiger partial charge on any atom is -0.492 e. The van der Waals surface area contributed by atoms with Crippen molar-refractivity contribution in [3.63, 3.8) is 0 Å². The minimum atomic E-state index is -0.303. The highest BCUT2D eigenvalue weighted by atomic mass is 19.1. The first-order valence-corrected chi connectivity index (χ1v) is 8.41. The first-order valence-electron chi connectivity index (χ1n) is 8.41. The molecule has 1 amide bonds. The van der Waals surface area contributed by atoms with Crippen LogP contribution in [0.2, 0.25) is 0 Å². The van der Waals surface area contributed by atoms with Crippen molar-refractivity contribution in [2.45, 2.75) is 13.0 Å². The molecular weight excluding hydrogens is 321 g/mol. The topological polar surface area (TPSA) is 38.8 Å². The van der Waals surface area contributed by atoms with E-state index in [1.807, 2.05) is 24.3 Å². The fourth-order valence-corrected chi connectivity index (χ4v) is 3.05.